The van der Waals surface area contributed by atoms with Crippen LogP contribution in [-0.4, -0.2) is 33.7 Å². The average Bonchev–Trinajstić information content (AvgIpc) is 3.38. The molecule has 0 bridgehead atoms. The molecule has 0 radical (unpaired) electrons. The molecular formula is C20H15BrF2N4O3. The molecule has 4 rings (SSSR count). The van der Waals surface area contributed by atoms with Gasteiger partial charge in [-0.1, -0.05) is 12.1 Å². The quantitative estimate of drug-likeness (QED) is 0.372. The molecular weight excluding hydrogens is 462 g/mol. The Labute approximate surface area is 178 Å². The Balaban J connectivity index is 1.52. The van der Waals surface area contributed by atoms with Gasteiger partial charge < -0.3 is 13.9 Å². The number of methoxy groups -OCH3 is 1. The van der Waals surface area contributed by atoms with Crippen LogP contribution in [0, 0.1) is 0 Å². The van der Waals surface area contributed by atoms with Gasteiger partial charge >= 0.3 is 6.61 Å². The fourth-order valence-corrected chi connectivity index (χ4v) is 3.14. The molecule has 30 heavy (non-hydrogen) atoms. The molecule has 2 aromatic heterocycles. The molecule has 0 saturated carbocycles. The summed E-state index contributed by atoms with van der Waals surface area (Å²) in [7, 11) is 1.36. The van der Waals surface area contributed by atoms with Crippen molar-refractivity contribution in [2.45, 2.75) is 13.2 Å². The van der Waals surface area contributed by atoms with Gasteiger partial charge in [0.1, 0.15) is 0 Å². The zero-order valence-corrected chi connectivity index (χ0v) is 17.2. The van der Waals surface area contributed by atoms with Crippen LogP contribution in [-0.2, 0) is 6.54 Å². The Bertz CT molecular complexity index is 1150. The second-order valence-electron chi connectivity index (χ2n) is 6.21. The van der Waals surface area contributed by atoms with Gasteiger partial charge in [0.05, 0.1) is 24.3 Å². The van der Waals surface area contributed by atoms with E-state index in [1.807, 2.05) is 35.1 Å². The van der Waals surface area contributed by atoms with Crippen molar-refractivity contribution in [3.05, 3.63) is 64.9 Å². The molecule has 0 N–H and O–H groups in total. The SMILES string of the molecule is COc1cc(-c2nnc(-c3ccc(Cn4cc(Br)cn4)cc3)o2)ccc1OC(F)F. The number of hydrogen-bond donors (Lipinski definition) is 0. The standard InChI is InChI=1S/C20H15BrF2N4O3/c1-28-17-8-14(6-7-16(17)29-20(22)23)19-26-25-18(30-19)13-4-2-12(3-5-13)10-27-11-15(21)9-24-27/h2-9,11,20H,10H2,1H3. The summed E-state index contributed by atoms with van der Waals surface area (Å²) in [6.07, 6.45) is 3.62. The van der Waals surface area contributed by atoms with Gasteiger partial charge in [0, 0.05) is 17.3 Å². The highest BCUT2D eigenvalue weighted by molar-refractivity contribution is 9.10. The highest BCUT2D eigenvalue weighted by atomic mass is 79.9. The molecule has 7 nitrogen and oxygen atoms in total. The lowest BCUT2D eigenvalue weighted by Gasteiger charge is -2.10. The Morgan fingerprint density at radius 1 is 1.03 bits per heavy atom. The maximum Gasteiger partial charge on any atom is 0.387 e. The zero-order chi connectivity index (χ0) is 21.1. The summed E-state index contributed by atoms with van der Waals surface area (Å²) in [6, 6.07) is 12.1. The summed E-state index contributed by atoms with van der Waals surface area (Å²) in [5.41, 5.74) is 2.34. The van der Waals surface area contributed by atoms with Gasteiger partial charge in [-0.2, -0.15) is 13.9 Å². The van der Waals surface area contributed by atoms with E-state index in [1.54, 1.807) is 12.3 Å². The first kappa shape index (κ1) is 20.0. The van der Waals surface area contributed by atoms with Crippen LogP contribution in [0.3, 0.4) is 0 Å². The van der Waals surface area contributed by atoms with Crippen LogP contribution in [0.4, 0.5) is 8.78 Å². The average molecular weight is 477 g/mol. The molecule has 0 unspecified atom stereocenters. The minimum Gasteiger partial charge on any atom is -0.493 e. The number of benzene rings is 2. The molecule has 0 atom stereocenters. The third-order valence-corrected chi connectivity index (χ3v) is 4.61. The van der Waals surface area contributed by atoms with Crippen molar-refractivity contribution in [1.29, 1.82) is 0 Å². The van der Waals surface area contributed by atoms with Gasteiger partial charge in [-0.05, 0) is 51.8 Å². The number of halogens is 3. The lowest BCUT2D eigenvalue weighted by atomic mass is 10.1. The van der Waals surface area contributed by atoms with Gasteiger partial charge in [-0.3, -0.25) is 4.68 Å². The van der Waals surface area contributed by atoms with E-state index in [0.717, 1.165) is 15.6 Å². The van der Waals surface area contributed by atoms with Crippen molar-refractivity contribution in [3.8, 4) is 34.4 Å². The second-order valence-corrected chi connectivity index (χ2v) is 7.13. The van der Waals surface area contributed by atoms with E-state index in [-0.39, 0.29) is 17.4 Å². The van der Waals surface area contributed by atoms with Crippen LogP contribution < -0.4 is 9.47 Å². The first-order valence-corrected chi connectivity index (χ1v) is 9.55. The van der Waals surface area contributed by atoms with E-state index in [0.29, 0.717) is 18.0 Å². The molecule has 154 valence electrons. The highest BCUT2D eigenvalue weighted by Crippen LogP contribution is 2.34. The van der Waals surface area contributed by atoms with Crippen LogP contribution in [0.2, 0.25) is 0 Å². The van der Waals surface area contributed by atoms with Crippen molar-refractivity contribution in [1.82, 2.24) is 20.0 Å². The summed E-state index contributed by atoms with van der Waals surface area (Å²) >= 11 is 3.37. The predicted molar refractivity (Wildman–Crippen MR) is 107 cm³/mol. The van der Waals surface area contributed by atoms with Gasteiger partial charge in [-0.25, -0.2) is 0 Å². The second kappa shape index (κ2) is 8.62. The molecule has 0 fully saturated rings. The van der Waals surface area contributed by atoms with Crippen LogP contribution in [0.25, 0.3) is 22.9 Å². The largest absolute Gasteiger partial charge is 0.493 e. The minimum atomic E-state index is -2.95. The summed E-state index contributed by atoms with van der Waals surface area (Å²) in [4.78, 5) is 0. The highest BCUT2D eigenvalue weighted by Gasteiger charge is 2.15. The predicted octanol–water partition coefficient (Wildman–Crippen LogP) is 5.02. The van der Waals surface area contributed by atoms with E-state index in [4.69, 9.17) is 9.15 Å². The van der Waals surface area contributed by atoms with E-state index in [2.05, 4.69) is 36.0 Å². The van der Waals surface area contributed by atoms with Gasteiger partial charge in [0.2, 0.25) is 11.8 Å². The molecule has 0 aliphatic heterocycles. The number of hydrogen-bond acceptors (Lipinski definition) is 6. The molecule has 10 heteroatoms. The number of nitrogens with zero attached hydrogens (tertiary/aromatic N) is 4. The van der Waals surface area contributed by atoms with E-state index in [9.17, 15) is 8.78 Å². The third-order valence-electron chi connectivity index (χ3n) is 4.20. The fourth-order valence-electron chi connectivity index (χ4n) is 2.82. The topological polar surface area (TPSA) is 75.2 Å². The third kappa shape index (κ3) is 4.48. The summed E-state index contributed by atoms with van der Waals surface area (Å²) < 4.78 is 43.0. The maximum absolute atomic E-state index is 12.5. The molecule has 0 aliphatic rings. The number of rotatable bonds is 7. The van der Waals surface area contributed by atoms with E-state index in [1.165, 1.54) is 19.2 Å². The van der Waals surface area contributed by atoms with Gasteiger partial charge in [0.25, 0.3) is 0 Å². The summed E-state index contributed by atoms with van der Waals surface area (Å²) in [5.74, 6) is 0.639. The van der Waals surface area contributed by atoms with Crippen LogP contribution in [0.1, 0.15) is 5.56 Å². The van der Waals surface area contributed by atoms with Crippen LogP contribution >= 0.6 is 15.9 Å². The molecule has 2 heterocycles. The molecule has 0 amide bonds. The van der Waals surface area contributed by atoms with Crippen molar-refractivity contribution in [3.63, 3.8) is 0 Å². The molecule has 0 saturated heterocycles. The monoisotopic (exact) mass is 476 g/mol. The Morgan fingerprint density at radius 2 is 1.73 bits per heavy atom. The summed E-state index contributed by atoms with van der Waals surface area (Å²) in [5, 5.41) is 12.3. The first-order valence-electron chi connectivity index (χ1n) is 8.76. The number of ether oxygens (including phenoxy) is 2. The zero-order valence-electron chi connectivity index (χ0n) is 15.6. The fraction of sp³-hybridized carbons (Fsp3) is 0.150. The number of alkyl halides is 2. The van der Waals surface area contributed by atoms with Crippen LogP contribution in [0.5, 0.6) is 11.5 Å². The Hall–Kier alpha value is -3.27. The van der Waals surface area contributed by atoms with Crippen molar-refractivity contribution < 1.29 is 22.7 Å². The minimum absolute atomic E-state index is 0.0733. The molecule has 2 aromatic carbocycles. The normalized spacial score (nSPS) is 11.1. The summed E-state index contributed by atoms with van der Waals surface area (Å²) in [6.45, 7) is -2.31. The lowest BCUT2D eigenvalue weighted by Crippen LogP contribution is -2.03. The molecule has 0 spiro atoms. The lowest BCUT2D eigenvalue weighted by molar-refractivity contribution is -0.0512. The molecule has 4 aromatic rings. The van der Waals surface area contributed by atoms with Gasteiger partial charge in [0.15, 0.2) is 11.5 Å². The van der Waals surface area contributed by atoms with Crippen LogP contribution in [0.15, 0.2) is 63.7 Å². The first-order chi connectivity index (χ1) is 14.5. The Morgan fingerprint density at radius 3 is 2.37 bits per heavy atom. The molecule has 0 aliphatic carbocycles. The van der Waals surface area contributed by atoms with E-state index < -0.39 is 6.61 Å². The maximum atomic E-state index is 12.5. The number of aromatic nitrogens is 4. The van der Waals surface area contributed by atoms with Crippen molar-refractivity contribution in [2.24, 2.45) is 0 Å². The van der Waals surface area contributed by atoms with Gasteiger partial charge in [-0.15, -0.1) is 10.2 Å². The Kier molecular flexibility index (Phi) is 5.75. The van der Waals surface area contributed by atoms with Crippen molar-refractivity contribution >= 4 is 15.9 Å². The van der Waals surface area contributed by atoms with Crippen molar-refractivity contribution in [2.75, 3.05) is 7.11 Å². The smallest absolute Gasteiger partial charge is 0.387 e. The van der Waals surface area contributed by atoms with E-state index >= 15 is 0 Å².